The fourth-order valence-electron chi connectivity index (χ4n) is 1.16. The van der Waals surface area contributed by atoms with Crippen LogP contribution in [0.4, 0.5) is 0 Å². The van der Waals surface area contributed by atoms with E-state index in [2.05, 4.69) is 4.72 Å². The van der Waals surface area contributed by atoms with Gasteiger partial charge >= 0.3 is 0 Å². The van der Waals surface area contributed by atoms with Gasteiger partial charge in [-0.3, -0.25) is 0 Å². The van der Waals surface area contributed by atoms with Gasteiger partial charge < -0.3 is 0 Å². The normalized spacial score (nSPS) is 24.6. The predicted molar refractivity (Wildman–Crippen MR) is 44.8 cm³/mol. The van der Waals surface area contributed by atoms with Crippen LogP contribution in [0.25, 0.3) is 0 Å². The highest BCUT2D eigenvalue weighted by atomic mass is 32.2. The molecule has 0 radical (unpaired) electrons. The quantitative estimate of drug-likeness (QED) is 0.690. The van der Waals surface area contributed by atoms with Crippen molar-refractivity contribution in [3.8, 4) is 0 Å². The van der Waals surface area contributed by atoms with E-state index in [0.29, 0.717) is 0 Å². The van der Waals surface area contributed by atoms with Crippen molar-refractivity contribution >= 4 is 10.0 Å². The first-order valence-corrected chi connectivity index (χ1v) is 5.39. The predicted octanol–water partition coefficient (Wildman–Crippen LogP) is 0.724. The maximum Gasteiger partial charge on any atom is 0.214 e. The Morgan fingerprint density at radius 3 is 2.18 bits per heavy atom. The molecule has 0 amide bonds. The van der Waals surface area contributed by atoms with Crippen LogP contribution in [0.2, 0.25) is 0 Å². The van der Waals surface area contributed by atoms with Gasteiger partial charge in [-0.05, 0) is 32.2 Å². The average Bonchev–Trinajstić information content (AvgIpc) is 2.68. The molecule has 1 fully saturated rings. The molecule has 1 N–H and O–H groups in total. The summed E-state index contributed by atoms with van der Waals surface area (Å²) in [4.78, 5) is 0. The highest BCUT2D eigenvalue weighted by molar-refractivity contribution is 7.90. The minimum Gasteiger partial charge on any atom is -0.218 e. The molecule has 1 aliphatic rings. The Hall–Kier alpha value is -0.0900. The van der Waals surface area contributed by atoms with Crippen molar-refractivity contribution in [2.45, 2.75) is 31.9 Å². The fourth-order valence-corrected chi connectivity index (χ4v) is 2.49. The third-order valence-electron chi connectivity index (χ3n) is 2.77. The molecule has 4 heteroatoms. The van der Waals surface area contributed by atoms with E-state index in [4.69, 9.17) is 0 Å². The van der Waals surface area contributed by atoms with Gasteiger partial charge in [0.1, 0.15) is 0 Å². The van der Waals surface area contributed by atoms with Crippen LogP contribution < -0.4 is 4.72 Å². The summed E-state index contributed by atoms with van der Waals surface area (Å²) in [6.45, 7) is 3.80. The monoisotopic (exact) mass is 177 g/mol. The van der Waals surface area contributed by atoms with Crippen LogP contribution in [-0.4, -0.2) is 20.7 Å². The Bertz CT molecular complexity index is 241. The minimum atomic E-state index is -3.04. The van der Waals surface area contributed by atoms with Crippen molar-refractivity contribution in [3.63, 3.8) is 0 Å². The molecule has 1 unspecified atom stereocenters. The Morgan fingerprint density at radius 2 is 1.91 bits per heavy atom. The van der Waals surface area contributed by atoms with Gasteiger partial charge in [0.05, 0.1) is 5.25 Å². The van der Waals surface area contributed by atoms with Crippen LogP contribution in [0.5, 0.6) is 0 Å². The molecule has 0 aliphatic heterocycles. The van der Waals surface area contributed by atoms with Crippen LogP contribution in [0.3, 0.4) is 0 Å². The molecule has 0 heterocycles. The second-order valence-electron chi connectivity index (χ2n) is 3.55. The molecule has 0 spiro atoms. The molecule has 0 aromatic rings. The third-order valence-corrected chi connectivity index (χ3v) is 4.84. The Kier molecular flexibility index (Phi) is 2.01. The highest BCUT2D eigenvalue weighted by Crippen LogP contribution is 2.50. The van der Waals surface area contributed by atoms with Gasteiger partial charge in [0.15, 0.2) is 0 Å². The van der Waals surface area contributed by atoms with Crippen LogP contribution in [0.1, 0.15) is 26.7 Å². The Morgan fingerprint density at radius 1 is 1.45 bits per heavy atom. The first-order chi connectivity index (χ1) is 4.92. The van der Waals surface area contributed by atoms with E-state index in [-0.39, 0.29) is 10.7 Å². The molecule has 0 saturated heterocycles. The molecular formula is C7H15NO2S. The van der Waals surface area contributed by atoms with E-state index < -0.39 is 10.0 Å². The SMILES string of the molecule is CNS(=O)(=O)C(C)C1(C)CC1. The topological polar surface area (TPSA) is 46.2 Å². The van der Waals surface area contributed by atoms with E-state index in [9.17, 15) is 8.42 Å². The number of nitrogens with one attached hydrogen (secondary N) is 1. The zero-order chi connectivity index (χ0) is 8.70. The number of rotatable bonds is 3. The highest BCUT2D eigenvalue weighted by Gasteiger charge is 2.47. The number of hydrogen-bond acceptors (Lipinski definition) is 2. The molecular weight excluding hydrogens is 162 g/mol. The van der Waals surface area contributed by atoms with Gasteiger partial charge in [0, 0.05) is 0 Å². The van der Waals surface area contributed by atoms with Crippen molar-refractivity contribution in [1.82, 2.24) is 4.72 Å². The summed E-state index contributed by atoms with van der Waals surface area (Å²) in [6, 6.07) is 0. The van der Waals surface area contributed by atoms with Gasteiger partial charge in [0.2, 0.25) is 10.0 Å². The lowest BCUT2D eigenvalue weighted by Gasteiger charge is -2.17. The van der Waals surface area contributed by atoms with Crippen LogP contribution in [0, 0.1) is 5.41 Å². The molecule has 1 aliphatic carbocycles. The minimum absolute atomic E-state index is 0.0435. The average molecular weight is 177 g/mol. The Balaban J connectivity index is 2.76. The summed E-state index contributed by atoms with van der Waals surface area (Å²) in [7, 11) is -1.57. The second kappa shape index (κ2) is 2.45. The zero-order valence-corrected chi connectivity index (χ0v) is 8.03. The van der Waals surface area contributed by atoms with Gasteiger partial charge in [-0.25, -0.2) is 13.1 Å². The van der Waals surface area contributed by atoms with Crippen molar-refractivity contribution in [2.75, 3.05) is 7.05 Å². The molecule has 0 bridgehead atoms. The third kappa shape index (κ3) is 1.56. The van der Waals surface area contributed by atoms with E-state index in [1.165, 1.54) is 7.05 Å². The maximum absolute atomic E-state index is 11.3. The molecule has 3 nitrogen and oxygen atoms in total. The fraction of sp³-hybridized carbons (Fsp3) is 1.00. The summed E-state index contributed by atoms with van der Waals surface area (Å²) < 4.78 is 24.9. The van der Waals surface area contributed by atoms with Crippen molar-refractivity contribution < 1.29 is 8.42 Å². The number of hydrogen-bond donors (Lipinski definition) is 1. The molecule has 1 atom stereocenters. The number of sulfonamides is 1. The molecule has 0 aromatic carbocycles. The Labute approximate surface area is 68.2 Å². The zero-order valence-electron chi connectivity index (χ0n) is 7.22. The maximum atomic E-state index is 11.3. The van der Waals surface area contributed by atoms with E-state index in [1.54, 1.807) is 6.92 Å². The van der Waals surface area contributed by atoms with Crippen LogP contribution >= 0.6 is 0 Å². The largest absolute Gasteiger partial charge is 0.218 e. The van der Waals surface area contributed by atoms with Gasteiger partial charge in [0.25, 0.3) is 0 Å². The van der Waals surface area contributed by atoms with Gasteiger partial charge in [-0.2, -0.15) is 0 Å². The lowest BCUT2D eigenvalue weighted by Crippen LogP contribution is -2.34. The summed E-state index contributed by atoms with van der Waals surface area (Å²) in [6.07, 6.45) is 2.07. The molecule has 0 aromatic heterocycles. The summed E-state index contributed by atoms with van der Waals surface area (Å²) in [5, 5.41) is -0.250. The lowest BCUT2D eigenvalue weighted by atomic mass is 10.1. The second-order valence-corrected chi connectivity index (χ2v) is 5.75. The summed E-state index contributed by atoms with van der Waals surface area (Å²) in [5.74, 6) is 0. The molecule has 1 rings (SSSR count). The first-order valence-electron chi connectivity index (χ1n) is 3.85. The molecule has 11 heavy (non-hydrogen) atoms. The lowest BCUT2D eigenvalue weighted by molar-refractivity contribution is 0.505. The van der Waals surface area contributed by atoms with Crippen LogP contribution in [-0.2, 0) is 10.0 Å². The molecule has 1 saturated carbocycles. The summed E-state index contributed by atoms with van der Waals surface area (Å²) >= 11 is 0. The van der Waals surface area contributed by atoms with Crippen LogP contribution in [0.15, 0.2) is 0 Å². The molecule has 66 valence electrons. The standard InChI is InChI=1S/C7H15NO2S/c1-6(7(2)4-5-7)11(9,10)8-3/h6,8H,4-5H2,1-3H3. The van der Waals surface area contributed by atoms with Gasteiger partial charge in [-0.15, -0.1) is 0 Å². The smallest absolute Gasteiger partial charge is 0.214 e. The summed E-state index contributed by atoms with van der Waals surface area (Å²) in [5.41, 5.74) is 0.0435. The van der Waals surface area contributed by atoms with E-state index >= 15 is 0 Å². The van der Waals surface area contributed by atoms with E-state index in [0.717, 1.165) is 12.8 Å². The van der Waals surface area contributed by atoms with Crippen molar-refractivity contribution in [3.05, 3.63) is 0 Å². The van der Waals surface area contributed by atoms with Crippen molar-refractivity contribution in [1.29, 1.82) is 0 Å². The van der Waals surface area contributed by atoms with E-state index in [1.807, 2.05) is 6.92 Å². The first kappa shape index (κ1) is 9.00. The van der Waals surface area contributed by atoms with Crippen molar-refractivity contribution in [2.24, 2.45) is 5.41 Å². The van der Waals surface area contributed by atoms with Gasteiger partial charge in [-0.1, -0.05) is 6.92 Å².